The Morgan fingerprint density at radius 2 is 1.83 bits per heavy atom. The van der Waals surface area contributed by atoms with Crippen LogP contribution in [0.1, 0.15) is 0 Å². The summed E-state index contributed by atoms with van der Waals surface area (Å²) in [5, 5.41) is 0. The molecule has 0 bridgehead atoms. The second-order valence-corrected chi connectivity index (χ2v) is 6.05. The molecule has 0 fully saturated rings. The summed E-state index contributed by atoms with van der Waals surface area (Å²) in [5.41, 5.74) is 6.02. The lowest BCUT2D eigenvalue weighted by Gasteiger charge is -2.08. The topological polar surface area (TPSA) is 85.1 Å². The van der Waals surface area contributed by atoms with Crippen LogP contribution in [-0.2, 0) is 10.0 Å². The molecule has 1 aromatic heterocycles. The van der Waals surface area contributed by atoms with Gasteiger partial charge < -0.3 is 5.73 Å². The molecule has 5 nitrogen and oxygen atoms in total. The lowest BCUT2D eigenvalue weighted by molar-refractivity contribution is 0.601. The van der Waals surface area contributed by atoms with Crippen LogP contribution in [0.2, 0.25) is 0 Å². The van der Waals surface area contributed by atoms with E-state index in [1.807, 2.05) is 0 Å². The summed E-state index contributed by atoms with van der Waals surface area (Å²) in [7, 11) is -3.65. The minimum atomic E-state index is -3.65. The van der Waals surface area contributed by atoms with E-state index in [4.69, 9.17) is 5.73 Å². The number of halogens is 1. The third-order valence-corrected chi connectivity index (χ3v) is 4.17. The highest BCUT2D eigenvalue weighted by Crippen LogP contribution is 2.22. The first-order valence-corrected chi connectivity index (χ1v) is 7.25. The van der Waals surface area contributed by atoms with Gasteiger partial charge in [0.05, 0.1) is 9.37 Å². The number of nitrogens with two attached hydrogens (primary N) is 1. The molecule has 0 spiro atoms. The molecule has 3 N–H and O–H groups in total. The second-order valence-electron chi connectivity index (χ2n) is 3.51. The number of nitrogens with zero attached hydrogens (tertiary/aromatic N) is 1. The second kappa shape index (κ2) is 4.95. The van der Waals surface area contributed by atoms with Crippen LogP contribution in [0, 0.1) is 0 Å². The van der Waals surface area contributed by atoms with Crippen molar-refractivity contribution >= 4 is 37.5 Å². The van der Waals surface area contributed by atoms with Gasteiger partial charge >= 0.3 is 0 Å². The molecule has 1 heterocycles. The normalized spacial score (nSPS) is 11.2. The van der Waals surface area contributed by atoms with E-state index in [2.05, 4.69) is 25.6 Å². The number of rotatable bonds is 3. The molecule has 0 unspecified atom stereocenters. The number of benzene rings is 1. The first kappa shape index (κ1) is 12.8. The van der Waals surface area contributed by atoms with E-state index >= 15 is 0 Å². The molecule has 0 aliphatic carbocycles. The summed E-state index contributed by atoms with van der Waals surface area (Å²) in [5.74, 6) is 0.245. The van der Waals surface area contributed by atoms with Gasteiger partial charge in [-0.05, 0) is 52.3 Å². The quantitative estimate of drug-likeness (QED) is 0.846. The van der Waals surface area contributed by atoms with Crippen LogP contribution < -0.4 is 10.5 Å². The monoisotopic (exact) mass is 327 g/mol. The Bertz CT molecular complexity index is 656. The molecular weight excluding hydrogens is 318 g/mol. The SMILES string of the molecule is Nc1ccc(S(=O)(=O)Nc2ncccc2Br)cc1. The highest BCUT2D eigenvalue weighted by Gasteiger charge is 2.15. The van der Waals surface area contributed by atoms with E-state index in [-0.39, 0.29) is 10.7 Å². The van der Waals surface area contributed by atoms with Gasteiger partial charge in [-0.3, -0.25) is 4.72 Å². The minimum Gasteiger partial charge on any atom is -0.399 e. The van der Waals surface area contributed by atoms with Crippen molar-refractivity contribution < 1.29 is 8.42 Å². The van der Waals surface area contributed by atoms with E-state index in [9.17, 15) is 8.42 Å². The van der Waals surface area contributed by atoms with E-state index in [1.54, 1.807) is 12.1 Å². The molecule has 2 aromatic rings. The van der Waals surface area contributed by atoms with Crippen LogP contribution in [0.5, 0.6) is 0 Å². The zero-order valence-electron chi connectivity index (χ0n) is 9.17. The molecule has 2 rings (SSSR count). The molecule has 0 aliphatic heterocycles. The van der Waals surface area contributed by atoms with Crippen LogP contribution in [0.25, 0.3) is 0 Å². The summed E-state index contributed by atoms with van der Waals surface area (Å²) in [4.78, 5) is 4.08. The average molecular weight is 328 g/mol. The van der Waals surface area contributed by atoms with Crippen LogP contribution in [-0.4, -0.2) is 13.4 Å². The maximum atomic E-state index is 12.1. The lowest BCUT2D eigenvalue weighted by atomic mass is 10.3. The number of aromatic nitrogens is 1. The smallest absolute Gasteiger partial charge is 0.263 e. The fourth-order valence-electron chi connectivity index (χ4n) is 1.29. The summed E-state index contributed by atoms with van der Waals surface area (Å²) < 4.78 is 27.1. The molecule has 18 heavy (non-hydrogen) atoms. The highest BCUT2D eigenvalue weighted by atomic mass is 79.9. The molecule has 0 radical (unpaired) electrons. The number of hydrogen-bond acceptors (Lipinski definition) is 4. The molecule has 94 valence electrons. The first-order chi connectivity index (χ1) is 8.49. The Hall–Kier alpha value is -1.60. The van der Waals surface area contributed by atoms with Gasteiger partial charge in [0.1, 0.15) is 0 Å². The molecular formula is C11H10BrN3O2S. The predicted molar refractivity (Wildman–Crippen MR) is 73.6 cm³/mol. The van der Waals surface area contributed by atoms with Crippen molar-refractivity contribution in [3.8, 4) is 0 Å². The van der Waals surface area contributed by atoms with Crippen molar-refractivity contribution in [2.75, 3.05) is 10.5 Å². The summed E-state index contributed by atoms with van der Waals surface area (Å²) in [6.45, 7) is 0. The summed E-state index contributed by atoms with van der Waals surface area (Å²) in [6, 6.07) is 9.34. The average Bonchev–Trinajstić information content (AvgIpc) is 2.32. The summed E-state index contributed by atoms with van der Waals surface area (Å²) >= 11 is 3.22. The number of hydrogen-bond donors (Lipinski definition) is 2. The number of nitrogen functional groups attached to an aromatic ring is 1. The summed E-state index contributed by atoms with van der Waals surface area (Å²) in [6.07, 6.45) is 1.51. The van der Waals surface area contributed by atoms with Crippen LogP contribution >= 0.6 is 15.9 Å². The van der Waals surface area contributed by atoms with Crippen molar-refractivity contribution in [1.82, 2.24) is 4.98 Å². The number of nitrogens with one attached hydrogen (secondary N) is 1. The fraction of sp³-hybridized carbons (Fsp3) is 0. The van der Waals surface area contributed by atoms with Crippen LogP contribution in [0.4, 0.5) is 11.5 Å². The van der Waals surface area contributed by atoms with Gasteiger partial charge in [0.25, 0.3) is 10.0 Å². The maximum Gasteiger partial charge on any atom is 0.263 e. The molecule has 7 heteroatoms. The number of pyridine rings is 1. The molecule has 0 saturated carbocycles. The van der Waals surface area contributed by atoms with E-state index in [0.717, 1.165) is 0 Å². The highest BCUT2D eigenvalue weighted by molar-refractivity contribution is 9.10. The zero-order chi connectivity index (χ0) is 13.2. The Morgan fingerprint density at radius 1 is 1.17 bits per heavy atom. The Labute approximate surface area is 113 Å². The molecule has 0 amide bonds. The zero-order valence-corrected chi connectivity index (χ0v) is 11.6. The molecule has 1 aromatic carbocycles. The van der Waals surface area contributed by atoms with Gasteiger partial charge in [0.2, 0.25) is 0 Å². The fourth-order valence-corrected chi connectivity index (χ4v) is 2.81. The lowest BCUT2D eigenvalue weighted by Crippen LogP contribution is -2.14. The first-order valence-electron chi connectivity index (χ1n) is 4.98. The van der Waals surface area contributed by atoms with E-state index in [0.29, 0.717) is 10.2 Å². The molecule has 0 aliphatic rings. The number of sulfonamides is 1. The van der Waals surface area contributed by atoms with Crippen LogP contribution in [0.3, 0.4) is 0 Å². The third-order valence-electron chi connectivity index (χ3n) is 2.18. The predicted octanol–water partition coefficient (Wildman–Crippen LogP) is 2.23. The van der Waals surface area contributed by atoms with Gasteiger partial charge in [-0.2, -0.15) is 0 Å². The molecule has 0 saturated heterocycles. The van der Waals surface area contributed by atoms with Gasteiger partial charge in [0, 0.05) is 11.9 Å². The van der Waals surface area contributed by atoms with Gasteiger partial charge in [0.15, 0.2) is 5.82 Å². The standard InChI is InChI=1S/C11H10BrN3O2S/c12-10-2-1-7-14-11(10)15-18(16,17)9-5-3-8(13)4-6-9/h1-7H,13H2,(H,14,15). The Balaban J connectivity index is 2.33. The van der Waals surface area contributed by atoms with Gasteiger partial charge in [-0.1, -0.05) is 0 Å². The van der Waals surface area contributed by atoms with Crippen molar-refractivity contribution in [2.45, 2.75) is 4.90 Å². The van der Waals surface area contributed by atoms with E-state index < -0.39 is 10.0 Å². The third kappa shape index (κ3) is 2.80. The minimum absolute atomic E-state index is 0.134. The Morgan fingerprint density at radius 3 is 2.44 bits per heavy atom. The number of anilines is 2. The van der Waals surface area contributed by atoms with Crippen molar-refractivity contribution in [1.29, 1.82) is 0 Å². The van der Waals surface area contributed by atoms with Crippen molar-refractivity contribution in [3.05, 3.63) is 47.1 Å². The van der Waals surface area contributed by atoms with Crippen molar-refractivity contribution in [3.63, 3.8) is 0 Å². The Kier molecular flexibility index (Phi) is 3.53. The van der Waals surface area contributed by atoms with E-state index in [1.165, 1.54) is 30.5 Å². The molecule has 0 atom stereocenters. The van der Waals surface area contributed by atoms with Gasteiger partial charge in [-0.15, -0.1) is 0 Å². The van der Waals surface area contributed by atoms with Crippen LogP contribution in [0.15, 0.2) is 52.0 Å². The largest absolute Gasteiger partial charge is 0.399 e. The maximum absolute atomic E-state index is 12.1. The van der Waals surface area contributed by atoms with Crippen molar-refractivity contribution in [2.24, 2.45) is 0 Å². The van der Waals surface area contributed by atoms with Gasteiger partial charge in [-0.25, -0.2) is 13.4 Å².